The number of carbonyl (C=O) groups is 3. The minimum atomic E-state index is -0.481. The van der Waals surface area contributed by atoms with Crippen LogP contribution in [0, 0.1) is 13.8 Å². The third-order valence-corrected chi connectivity index (χ3v) is 8.53. The summed E-state index contributed by atoms with van der Waals surface area (Å²) in [5.74, 6) is -0.291. The van der Waals surface area contributed by atoms with Gasteiger partial charge in [0.1, 0.15) is 18.1 Å². The first-order chi connectivity index (χ1) is 23.2. The highest BCUT2D eigenvalue weighted by atomic mass is 32.2. The number of aryl methyl sites for hydroxylation is 2. The predicted molar refractivity (Wildman–Crippen MR) is 194 cm³/mol. The van der Waals surface area contributed by atoms with Gasteiger partial charge < -0.3 is 20.7 Å². The Morgan fingerprint density at radius 3 is 2.12 bits per heavy atom. The first kappa shape index (κ1) is 33.8. The van der Waals surface area contributed by atoms with E-state index in [0.29, 0.717) is 29.2 Å². The van der Waals surface area contributed by atoms with Gasteiger partial charge in [-0.1, -0.05) is 72.8 Å². The van der Waals surface area contributed by atoms with E-state index in [1.165, 1.54) is 11.8 Å². The number of amides is 3. The van der Waals surface area contributed by atoms with Crippen LogP contribution < -0.4 is 20.7 Å². The van der Waals surface area contributed by atoms with Crippen LogP contribution in [-0.2, 0) is 16.2 Å². The molecule has 0 fully saturated rings. The van der Waals surface area contributed by atoms with Gasteiger partial charge in [-0.05, 0) is 104 Å². The summed E-state index contributed by atoms with van der Waals surface area (Å²) in [7, 11) is 0. The molecule has 5 aromatic rings. The van der Waals surface area contributed by atoms with Crippen molar-refractivity contribution in [2.24, 2.45) is 0 Å². The van der Waals surface area contributed by atoms with Gasteiger partial charge in [-0.15, -0.1) is 11.8 Å². The van der Waals surface area contributed by atoms with Crippen LogP contribution in [0.15, 0.2) is 138 Å². The van der Waals surface area contributed by atoms with Crippen LogP contribution in [0.4, 0.5) is 11.4 Å². The van der Waals surface area contributed by atoms with Crippen molar-refractivity contribution < 1.29 is 19.1 Å². The summed E-state index contributed by atoms with van der Waals surface area (Å²) >= 11 is 1.42. The van der Waals surface area contributed by atoms with Crippen molar-refractivity contribution in [1.82, 2.24) is 5.32 Å². The number of nitrogens with one attached hydrogen (secondary N) is 3. The van der Waals surface area contributed by atoms with Gasteiger partial charge in [0.05, 0.1) is 5.25 Å². The summed E-state index contributed by atoms with van der Waals surface area (Å²) in [5, 5.41) is 8.33. The molecule has 8 heteroatoms. The fourth-order valence-electron chi connectivity index (χ4n) is 4.69. The van der Waals surface area contributed by atoms with E-state index in [4.69, 9.17) is 4.74 Å². The monoisotopic (exact) mass is 655 g/mol. The molecule has 0 spiro atoms. The maximum Gasteiger partial charge on any atom is 0.272 e. The van der Waals surface area contributed by atoms with Crippen LogP contribution in [0.2, 0.25) is 0 Å². The number of hydrogen-bond donors (Lipinski definition) is 3. The molecule has 0 aliphatic carbocycles. The van der Waals surface area contributed by atoms with Crippen molar-refractivity contribution >= 4 is 46.9 Å². The lowest BCUT2D eigenvalue weighted by atomic mass is 10.1. The zero-order chi connectivity index (χ0) is 33.9. The van der Waals surface area contributed by atoms with E-state index in [-0.39, 0.29) is 16.9 Å². The number of benzene rings is 5. The first-order valence-corrected chi connectivity index (χ1v) is 16.4. The van der Waals surface area contributed by atoms with Gasteiger partial charge in [0.15, 0.2) is 0 Å². The molecule has 0 radical (unpaired) electrons. The Morgan fingerprint density at radius 2 is 1.44 bits per heavy atom. The zero-order valence-corrected chi connectivity index (χ0v) is 27.8. The Labute approximate surface area is 285 Å². The lowest BCUT2D eigenvalue weighted by molar-refractivity contribution is -0.115. The van der Waals surface area contributed by atoms with Gasteiger partial charge >= 0.3 is 0 Å². The summed E-state index contributed by atoms with van der Waals surface area (Å²) in [6.45, 7) is 6.25. The van der Waals surface area contributed by atoms with Crippen molar-refractivity contribution in [2.75, 3.05) is 10.6 Å². The first-order valence-electron chi connectivity index (χ1n) is 15.5. The highest BCUT2D eigenvalue weighted by Gasteiger charge is 2.17. The zero-order valence-electron chi connectivity index (χ0n) is 27.0. The van der Waals surface area contributed by atoms with Crippen LogP contribution in [0.3, 0.4) is 0 Å². The fraction of sp³-hybridized carbons (Fsp3) is 0.125. The molecule has 5 aromatic carbocycles. The van der Waals surface area contributed by atoms with Gasteiger partial charge in [-0.2, -0.15) is 0 Å². The third kappa shape index (κ3) is 9.70. The van der Waals surface area contributed by atoms with E-state index in [0.717, 1.165) is 27.3 Å². The van der Waals surface area contributed by atoms with Crippen LogP contribution in [0.5, 0.6) is 5.75 Å². The van der Waals surface area contributed by atoms with Crippen molar-refractivity contribution in [3.8, 4) is 5.75 Å². The molecule has 3 N–H and O–H groups in total. The molecule has 0 bridgehead atoms. The number of thioether (sulfide) groups is 1. The average molecular weight is 656 g/mol. The van der Waals surface area contributed by atoms with Gasteiger partial charge in [-0.3, -0.25) is 14.4 Å². The molecule has 48 heavy (non-hydrogen) atoms. The molecule has 0 saturated heterocycles. The summed E-state index contributed by atoms with van der Waals surface area (Å²) in [4.78, 5) is 40.3. The maximum atomic E-state index is 13.5. The van der Waals surface area contributed by atoms with Crippen molar-refractivity contribution in [1.29, 1.82) is 0 Å². The van der Waals surface area contributed by atoms with Crippen LogP contribution in [0.25, 0.3) is 6.08 Å². The van der Waals surface area contributed by atoms with E-state index in [1.54, 1.807) is 42.5 Å². The second-order valence-corrected chi connectivity index (χ2v) is 12.7. The molecule has 5 rings (SSSR count). The van der Waals surface area contributed by atoms with Crippen LogP contribution in [0.1, 0.15) is 39.5 Å². The summed E-state index contributed by atoms with van der Waals surface area (Å²) in [6, 6.07) is 39.1. The summed E-state index contributed by atoms with van der Waals surface area (Å²) < 4.78 is 5.89. The molecule has 1 atom stereocenters. The predicted octanol–water partition coefficient (Wildman–Crippen LogP) is 8.41. The lowest BCUT2D eigenvalue weighted by Crippen LogP contribution is -2.30. The van der Waals surface area contributed by atoms with E-state index < -0.39 is 11.8 Å². The Bertz CT molecular complexity index is 1890. The molecule has 3 amide bonds. The van der Waals surface area contributed by atoms with Crippen LogP contribution in [-0.4, -0.2) is 23.0 Å². The highest BCUT2D eigenvalue weighted by Crippen LogP contribution is 2.27. The van der Waals surface area contributed by atoms with E-state index >= 15 is 0 Å². The molecule has 7 nitrogen and oxygen atoms in total. The van der Waals surface area contributed by atoms with E-state index in [1.807, 2.05) is 112 Å². The second-order valence-electron chi connectivity index (χ2n) is 11.3. The minimum absolute atomic E-state index is 0.0805. The quantitative estimate of drug-likeness (QED) is 0.0927. The van der Waals surface area contributed by atoms with Gasteiger partial charge in [0.2, 0.25) is 5.91 Å². The van der Waals surface area contributed by atoms with E-state index in [2.05, 4.69) is 16.0 Å². The topological polar surface area (TPSA) is 96.5 Å². The Hall–Kier alpha value is -5.60. The third-order valence-electron chi connectivity index (χ3n) is 7.41. The molecule has 242 valence electrons. The number of anilines is 2. The standard InChI is InChI=1S/C40H37N3O4S/c1-27-14-15-28(2)36(24-27)42-38(44)29(3)48-35-22-18-33(19-23-35)41-40(46)37(43-39(45)32-12-8-5-9-13-32)25-30-16-20-34(21-17-30)47-26-31-10-6-4-7-11-31/h4-25,29H,26H2,1-3H3,(H,41,46)(H,42,44)(H,43,45)/b37-25-. The normalized spacial score (nSPS) is 11.7. The molecular weight excluding hydrogens is 619 g/mol. The molecular formula is C40H37N3O4S. The SMILES string of the molecule is Cc1ccc(C)c(NC(=O)C(C)Sc2ccc(NC(=O)/C(=C/c3ccc(OCc4ccccc4)cc3)NC(=O)c3ccccc3)cc2)c1. The molecule has 1 unspecified atom stereocenters. The number of ether oxygens (including phenoxy) is 1. The van der Waals surface area contributed by atoms with Crippen molar-refractivity contribution in [3.63, 3.8) is 0 Å². The van der Waals surface area contributed by atoms with Crippen LogP contribution >= 0.6 is 11.8 Å². The number of carbonyl (C=O) groups excluding carboxylic acids is 3. The van der Waals surface area contributed by atoms with Crippen molar-refractivity contribution in [3.05, 3.63) is 161 Å². The number of rotatable bonds is 12. The minimum Gasteiger partial charge on any atom is -0.489 e. The van der Waals surface area contributed by atoms with Crippen molar-refractivity contribution in [2.45, 2.75) is 37.5 Å². The average Bonchev–Trinajstić information content (AvgIpc) is 3.10. The molecule has 0 saturated carbocycles. The maximum absolute atomic E-state index is 13.5. The van der Waals surface area contributed by atoms with Gasteiger partial charge in [0, 0.05) is 21.8 Å². The Morgan fingerprint density at radius 1 is 0.771 bits per heavy atom. The van der Waals surface area contributed by atoms with Gasteiger partial charge in [-0.25, -0.2) is 0 Å². The summed E-state index contributed by atoms with van der Waals surface area (Å²) in [5.41, 5.74) is 5.71. The second kappa shape index (κ2) is 16.3. The fourth-order valence-corrected chi connectivity index (χ4v) is 5.56. The molecule has 0 heterocycles. The highest BCUT2D eigenvalue weighted by molar-refractivity contribution is 8.00. The summed E-state index contributed by atoms with van der Waals surface area (Å²) in [6.07, 6.45) is 1.62. The molecule has 0 aromatic heterocycles. The Balaban J connectivity index is 1.25. The van der Waals surface area contributed by atoms with Gasteiger partial charge in [0.25, 0.3) is 11.8 Å². The number of hydrogen-bond acceptors (Lipinski definition) is 5. The largest absolute Gasteiger partial charge is 0.489 e. The van der Waals surface area contributed by atoms with E-state index in [9.17, 15) is 14.4 Å². The molecule has 0 aliphatic rings. The lowest BCUT2D eigenvalue weighted by Gasteiger charge is -2.15. The smallest absolute Gasteiger partial charge is 0.272 e. The Kier molecular flexibility index (Phi) is 11.5. The molecule has 0 aliphatic heterocycles.